The zero-order valence-corrected chi connectivity index (χ0v) is 14.5. The Morgan fingerprint density at radius 2 is 1.73 bits per heavy atom. The third-order valence-corrected chi connectivity index (χ3v) is 6.13. The quantitative estimate of drug-likeness (QED) is 0.580. The van der Waals surface area contributed by atoms with Crippen LogP contribution in [0.4, 0.5) is 10.1 Å². The van der Waals surface area contributed by atoms with E-state index in [4.69, 9.17) is 0 Å². The Morgan fingerprint density at radius 3 is 2.46 bits per heavy atom. The van der Waals surface area contributed by atoms with Gasteiger partial charge >= 0.3 is 0 Å². The smallest absolute Gasteiger partial charge is 0.272 e. The number of aromatic nitrogens is 2. The molecule has 6 nitrogen and oxygen atoms in total. The molecule has 8 heteroatoms. The van der Waals surface area contributed by atoms with E-state index in [0.29, 0.717) is 27.5 Å². The molecule has 26 heavy (non-hydrogen) atoms. The molecule has 4 rings (SSSR count). The van der Waals surface area contributed by atoms with Gasteiger partial charge in [-0.2, -0.15) is 0 Å². The van der Waals surface area contributed by atoms with Crippen molar-refractivity contribution in [1.29, 1.82) is 0 Å². The summed E-state index contributed by atoms with van der Waals surface area (Å²) in [5, 5.41) is 1.26. The predicted octanol–water partition coefficient (Wildman–Crippen LogP) is 2.97. The number of hydrogen-bond donors (Lipinski definition) is 2. The van der Waals surface area contributed by atoms with Gasteiger partial charge in [-0.05, 0) is 48.5 Å². The maximum absolute atomic E-state index is 13.1. The van der Waals surface area contributed by atoms with Crippen LogP contribution in [0.3, 0.4) is 0 Å². The molecule has 0 saturated heterocycles. The summed E-state index contributed by atoms with van der Waals surface area (Å²) in [7, 11) is -2.44. The molecule has 0 atom stereocenters. The number of rotatable bonds is 3. The number of sulfonamides is 1. The van der Waals surface area contributed by atoms with Gasteiger partial charge in [0.1, 0.15) is 11.3 Å². The van der Waals surface area contributed by atoms with Crippen molar-refractivity contribution >= 4 is 37.5 Å². The van der Waals surface area contributed by atoms with Crippen LogP contribution in [-0.4, -0.2) is 25.4 Å². The van der Waals surface area contributed by atoms with E-state index in [2.05, 4.69) is 9.97 Å². The van der Waals surface area contributed by atoms with Crippen LogP contribution in [0.1, 0.15) is 0 Å². The second kappa shape index (κ2) is 5.70. The number of benzene rings is 2. The number of nitrogens with one attached hydrogen (secondary N) is 2. The molecular formula is C18H14FN3O3S. The first-order chi connectivity index (χ1) is 12.4. The first kappa shape index (κ1) is 16.3. The van der Waals surface area contributed by atoms with Crippen molar-refractivity contribution in [2.75, 3.05) is 11.4 Å². The summed E-state index contributed by atoms with van der Waals surface area (Å²) >= 11 is 0. The summed E-state index contributed by atoms with van der Waals surface area (Å²) in [5.41, 5.74) is 1.01. The summed E-state index contributed by atoms with van der Waals surface area (Å²) < 4.78 is 40.1. The molecule has 0 spiro atoms. The highest BCUT2D eigenvalue weighted by molar-refractivity contribution is 7.92. The Labute approximate surface area is 147 Å². The highest BCUT2D eigenvalue weighted by atomic mass is 32.2. The van der Waals surface area contributed by atoms with Gasteiger partial charge in [0.15, 0.2) is 0 Å². The lowest BCUT2D eigenvalue weighted by atomic mass is 10.1. The Bertz CT molecular complexity index is 1290. The third kappa shape index (κ3) is 2.46. The Morgan fingerprint density at radius 1 is 1.00 bits per heavy atom. The standard InChI is InChI=1S/C18H14FN3O3S/c1-22(12-4-2-11(19)3-5-12)26(24,25)13-6-7-16-15(10-13)14-8-9-20-17(14)18(23)21-16/h2-10,20H,1H3,(H,21,23). The predicted molar refractivity (Wildman–Crippen MR) is 98.4 cm³/mol. The number of aromatic amines is 2. The van der Waals surface area contributed by atoms with E-state index in [1.807, 2.05) is 0 Å². The van der Waals surface area contributed by atoms with Crippen LogP contribution < -0.4 is 9.86 Å². The van der Waals surface area contributed by atoms with Crippen molar-refractivity contribution in [3.05, 3.63) is 70.9 Å². The lowest BCUT2D eigenvalue weighted by Crippen LogP contribution is -2.26. The van der Waals surface area contributed by atoms with Crippen LogP contribution in [0.2, 0.25) is 0 Å². The van der Waals surface area contributed by atoms with E-state index >= 15 is 0 Å². The monoisotopic (exact) mass is 371 g/mol. The van der Waals surface area contributed by atoms with Gasteiger partial charge in [0.2, 0.25) is 0 Å². The fraction of sp³-hybridized carbons (Fsp3) is 0.0556. The SMILES string of the molecule is CN(c1ccc(F)cc1)S(=O)(=O)c1ccc2[nH]c(=O)c3[nH]ccc3c2c1. The molecule has 0 aliphatic heterocycles. The van der Waals surface area contributed by atoms with Crippen molar-refractivity contribution in [2.45, 2.75) is 4.90 Å². The number of H-pyrrole nitrogens is 2. The normalized spacial score (nSPS) is 11.9. The average molecular weight is 371 g/mol. The number of nitrogens with zero attached hydrogens (tertiary/aromatic N) is 1. The average Bonchev–Trinajstić information content (AvgIpc) is 3.12. The van der Waals surface area contributed by atoms with Crippen LogP contribution >= 0.6 is 0 Å². The van der Waals surface area contributed by atoms with E-state index in [1.54, 1.807) is 18.3 Å². The van der Waals surface area contributed by atoms with Crippen molar-refractivity contribution in [2.24, 2.45) is 0 Å². The van der Waals surface area contributed by atoms with Crippen LogP contribution in [0, 0.1) is 5.82 Å². The van der Waals surface area contributed by atoms with Gasteiger partial charge in [-0.3, -0.25) is 9.10 Å². The molecule has 132 valence electrons. The Kier molecular flexibility index (Phi) is 3.58. The number of halogens is 1. The van der Waals surface area contributed by atoms with Crippen LogP contribution in [0.5, 0.6) is 0 Å². The minimum atomic E-state index is -3.85. The maximum atomic E-state index is 13.1. The van der Waals surface area contributed by atoms with E-state index in [0.717, 1.165) is 4.31 Å². The lowest BCUT2D eigenvalue weighted by molar-refractivity contribution is 0.594. The summed E-state index contributed by atoms with van der Waals surface area (Å²) in [6, 6.07) is 11.5. The summed E-state index contributed by atoms with van der Waals surface area (Å²) in [6.07, 6.45) is 1.63. The Balaban J connectivity index is 1.88. The molecule has 0 saturated carbocycles. The van der Waals surface area contributed by atoms with Gasteiger partial charge in [-0.1, -0.05) is 0 Å². The van der Waals surface area contributed by atoms with Gasteiger partial charge in [0, 0.05) is 29.5 Å². The first-order valence-corrected chi connectivity index (χ1v) is 9.19. The molecule has 2 aromatic heterocycles. The molecule has 0 fully saturated rings. The van der Waals surface area contributed by atoms with Crippen LogP contribution in [-0.2, 0) is 10.0 Å². The number of anilines is 1. The summed E-state index contributed by atoms with van der Waals surface area (Å²) in [4.78, 5) is 17.7. The molecule has 2 aromatic carbocycles. The fourth-order valence-corrected chi connectivity index (χ4v) is 4.15. The van der Waals surface area contributed by atoms with Crippen LogP contribution in [0.25, 0.3) is 21.8 Å². The van der Waals surface area contributed by atoms with Gasteiger partial charge in [-0.25, -0.2) is 12.8 Å². The number of fused-ring (bicyclic) bond motifs is 3. The largest absolute Gasteiger partial charge is 0.357 e. The fourth-order valence-electron chi connectivity index (χ4n) is 2.93. The van der Waals surface area contributed by atoms with Crippen LogP contribution in [0.15, 0.2) is 64.4 Å². The molecular weight excluding hydrogens is 357 g/mol. The van der Waals surface area contributed by atoms with E-state index in [-0.39, 0.29) is 10.5 Å². The summed E-state index contributed by atoms with van der Waals surface area (Å²) in [5.74, 6) is -0.441. The molecule has 2 heterocycles. The Hall–Kier alpha value is -3.13. The van der Waals surface area contributed by atoms with Gasteiger partial charge in [0.05, 0.1) is 10.6 Å². The van der Waals surface area contributed by atoms with Gasteiger partial charge in [0.25, 0.3) is 15.6 Å². The van der Waals surface area contributed by atoms with Crippen molar-refractivity contribution < 1.29 is 12.8 Å². The molecule has 4 aromatic rings. The molecule has 0 aliphatic rings. The van der Waals surface area contributed by atoms with Crippen molar-refractivity contribution in [3.63, 3.8) is 0 Å². The van der Waals surface area contributed by atoms with Crippen molar-refractivity contribution in [1.82, 2.24) is 9.97 Å². The molecule has 0 amide bonds. The highest BCUT2D eigenvalue weighted by Gasteiger charge is 2.22. The van der Waals surface area contributed by atoms with E-state index < -0.39 is 15.8 Å². The molecule has 2 N–H and O–H groups in total. The number of pyridine rings is 1. The minimum absolute atomic E-state index is 0.0753. The number of hydrogen-bond acceptors (Lipinski definition) is 3. The molecule has 0 aliphatic carbocycles. The zero-order valence-electron chi connectivity index (χ0n) is 13.7. The molecule has 0 unspecified atom stereocenters. The van der Waals surface area contributed by atoms with Gasteiger partial charge < -0.3 is 9.97 Å². The minimum Gasteiger partial charge on any atom is -0.357 e. The molecule has 0 bridgehead atoms. The van der Waals surface area contributed by atoms with Crippen molar-refractivity contribution in [3.8, 4) is 0 Å². The first-order valence-electron chi connectivity index (χ1n) is 7.75. The van der Waals surface area contributed by atoms with Gasteiger partial charge in [-0.15, -0.1) is 0 Å². The third-order valence-electron chi connectivity index (χ3n) is 4.35. The highest BCUT2D eigenvalue weighted by Crippen LogP contribution is 2.27. The maximum Gasteiger partial charge on any atom is 0.272 e. The van der Waals surface area contributed by atoms with E-state index in [9.17, 15) is 17.6 Å². The topological polar surface area (TPSA) is 86.0 Å². The zero-order chi connectivity index (χ0) is 18.5. The summed E-state index contributed by atoms with van der Waals surface area (Å²) in [6.45, 7) is 0. The van der Waals surface area contributed by atoms with E-state index in [1.165, 1.54) is 43.4 Å². The lowest BCUT2D eigenvalue weighted by Gasteiger charge is -2.19. The second-order valence-electron chi connectivity index (χ2n) is 5.88. The second-order valence-corrected chi connectivity index (χ2v) is 7.85. The molecule has 0 radical (unpaired) electrons.